The fourth-order valence-corrected chi connectivity index (χ4v) is 4.05. The molecule has 3 aromatic rings. The van der Waals surface area contributed by atoms with Crippen LogP contribution in [0.2, 0.25) is 10.0 Å². The van der Waals surface area contributed by atoms with Crippen LogP contribution in [0, 0.1) is 5.82 Å². The van der Waals surface area contributed by atoms with E-state index in [-0.39, 0.29) is 11.7 Å². The number of benzene rings is 2. The lowest BCUT2D eigenvalue weighted by Crippen LogP contribution is -2.15. The maximum Gasteiger partial charge on any atom is 0.234 e. The van der Waals surface area contributed by atoms with Crippen molar-refractivity contribution in [1.82, 2.24) is 14.8 Å². The van der Waals surface area contributed by atoms with E-state index in [0.717, 1.165) is 5.82 Å². The first-order valence-electron chi connectivity index (χ1n) is 9.75. The van der Waals surface area contributed by atoms with E-state index in [2.05, 4.69) is 22.1 Å². The van der Waals surface area contributed by atoms with E-state index in [9.17, 15) is 9.18 Å². The Hall–Kier alpha value is -2.55. The number of halogens is 3. The maximum atomic E-state index is 13.3. The third-order valence-electron chi connectivity index (χ3n) is 4.24. The molecule has 6 nitrogen and oxygen atoms in total. The van der Waals surface area contributed by atoms with Crippen LogP contribution in [0.25, 0.3) is 0 Å². The Bertz CT molecular complexity index is 1090. The molecule has 3 rings (SSSR count). The van der Waals surface area contributed by atoms with E-state index >= 15 is 0 Å². The van der Waals surface area contributed by atoms with E-state index < -0.39 is 5.82 Å². The van der Waals surface area contributed by atoms with Gasteiger partial charge in [-0.25, -0.2) is 4.39 Å². The smallest absolute Gasteiger partial charge is 0.234 e. The van der Waals surface area contributed by atoms with Gasteiger partial charge in [0.25, 0.3) is 0 Å². The molecule has 0 saturated heterocycles. The lowest BCUT2D eigenvalue weighted by Gasteiger charge is -2.10. The van der Waals surface area contributed by atoms with Gasteiger partial charge in [-0.3, -0.25) is 4.79 Å². The molecule has 1 N–H and O–H groups in total. The zero-order valence-corrected chi connectivity index (χ0v) is 19.4. The Morgan fingerprint density at radius 2 is 2.09 bits per heavy atom. The van der Waals surface area contributed by atoms with Crippen molar-refractivity contribution in [2.45, 2.75) is 24.5 Å². The lowest BCUT2D eigenvalue weighted by atomic mass is 10.3. The number of amides is 1. The van der Waals surface area contributed by atoms with Gasteiger partial charge in [0.05, 0.1) is 17.4 Å². The molecule has 0 radical (unpaired) electrons. The third-order valence-corrected chi connectivity index (χ3v) is 5.74. The first-order chi connectivity index (χ1) is 15.5. The Labute approximate surface area is 199 Å². The topological polar surface area (TPSA) is 69.0 Å². The van der Waals surface area contributed by atoms with Crippen molar-refractivity contribution in [2.75, 3.05) is 17.7 Å². The summed E-state index contributed by atoms with van der Waals surface area (Å²) in [6, 6.07) is 10.8. The van der Waals surface area contributed by atoms with Crippen LogP contribution in [-0.2, 0) is 17.8 Å². The summed E-state index contributed by atoms with van der Waals surface area (Å²) in [6.07, 6.45) is 3.06. The highest BCUT2D eigenvalue weighted by Gasteiger charge is 2.14. The van der Waals surface area contributed by atoms with Crippen molar-refractivity contribution in [3.8, 4) is 5.75 Å². The molecule has 32 heavy (non-hydrogen) atoms. The number of hydrogen-bond acceptors (Lipinski definition) is 5. The average molecular weight is 495 g/mol. The Morgan fingerprint density at radius 3 is 2.84 bits per heavy atom. The summed E-state index contributed by atoms with van der Waals surface area (Å²) in [5, 5.41) is 12.7. The SMILES string of the molecule is C=CCn1c(CCCOc2ccc(Cl)cc2Cl)nnc1SCC(=O)Nc1cccc(F)c1. The standard InChI is InChI=1S/C22H21Cl2FN4O2S/c1-2-10-29-20(7-4-11-31-19-9-8-15(23)12-18(19)24)27-28-22(29)32-14-21(30)26-17-6-3-5-16(25)13-17/h2-3,5-6,8-9,12-13H,1,4,7,10-11,14H2,(H,26,30). The number of carbonyl (C=O) groups excluding carboxylic acids is 1. The van der Waals surface area contributed by atoms with Gasteiger partial charge in [0, 0.05) is 23.7 Å². The van der Waals surface area contributed by atoms with Gasteiger partial charge in [0.2, 0.25) is 5.91 Å². The molecule has 1 aromatic heterocycles. The molecule has 0 aliphatic carbocycles. The number of ether oxygens (including phenoxy) is 1. The first-order valence-corrected chi connectivity index (χ1v) is 11.5. The molecule has 0 atom stereocenters. The summed E-state index contributed by atoms with van der Waals surface area (Å²) < 4.78 is 20.9. The number of aromatic nitrogens is 3. The van der Waals surface area contributed by atoms with E-state index in [0.29, 0.717) is 52.6 Å². The molecule has 168 valence electrons. The average Bonchev–Trinajstić information content (AvgIpc) is 3.13. The van der Waals surface area contributed by atoms with Crippen molar-refractivity contribution < 1.29 is 13.9 Å². The van der Waals surface area contributed by atoms with Crippen molar-refractivity contribution in [1.29, 1.82) is 0 Å². The van der Waals surface area contributed by atoms with Crippen molar-refractivity contribution in [3.63, 3.8) is 0 Å². The molecule has 0 fully saturated rings. The summed E-state index contributed by atoms with van der Waals surface area (Å²) in [4.78, 5) is 12.2. The molecular weight excluding hydrogens is 474 g/mol. The molecule has 0 aliphatic rings. The summed E-state index contributed by atoms with van der Waals surface area (Å²) in [5.41, 5.74) is 0.407. The van der Waals surface area contributed by atoms with Crippen molar-refractivity contribution in [3.05, 3.63) is 76.8 Å². The Kier molecular flexibility index (Phi) is 8.96. The van der Waals surface area contributed by atoms with Crippen LogP contribution in [0.5, 0.6) is 5.75 Å². The minimum absolute atomic E-state index is 0.115. The second-order valence-electron chi connectivity index (χ2n) is 6.67. The second kappa shape index (κ2) is 11.9. The minimum Gasteiger partial charge on any atom is -0.492 e. The van der Waals surface area contributed by atoms with Crippen LogP contribution in [0.4, 0.5) is 10.1 Å². The number of allylic oxidation sites excluding steroid dienone is 1. The third kappa shape index (κ3) is 6.98. The zero-order valence-electron chi connectivity index (χ0n) is 17.1. The van der Waals surface area contributed by atoms with Gasteiger partial charge in [0.1, 0.15) is 17.4 Å². The van der Waals surface area contributed by atoms with E-state index in [1.807, 2.05) is 4.57 Å². The lowest BCUT2D eigenvalue weighted by molar-refractivity contribution is -0.113. The summed E-state index contributed by atoms with van der Waals surface area (Å²) in [5.74, 6) is 0.786. The number of nitrogens with one attached hydrogen (secondary N) is 1. The molecule has 10 heteroatoms. The molecule has 1 heterocycles. The summed E-state index contributed by atoms with van der Waals surface area (Å²) >= 11 is 13.3. The largest absolute Gasteiger partial charge is 0.492 e. The van der Waals surface area contributed by atoms with Crippen LogP contribution < -0.4 is 10.1 Å². The highest BCUT2D eigenvalue weighted by Crippen LogP contribution is 2.27. The molecule has 0 unspecified atom stereocenters. The van der Waals surface area contributed by atoms with Gasteiger partial charge in [-0.05, 0) is 42.8 Å². The predicted octanol–water partition coefficient (Wildman–Crippen LogP) is 5.65. The number of nitrogens with zero attached hydrogens (tertiary/aromatic N) is 3. The maximum absolute atomic E-state index is 13.3. The molecule has 0 aliphatic heterocycles. The summed E-state index contributed by atoms with van der Waals surface area (Å²) in [7, 11) is 0. The van der Waals surface area contributed by atoms with Crippen LogP contribution in [-0.4, -0.2) is 33.0 Å². The molecule has 0 saturated carbocycles. The fraction of sp³-hybridized carbons (Fsp3) is 0.227. The molecule has 0 bridgehead atoms. The molecule has 2 aromatic carbocycles. The van der Waals surface area contributed by atoms with E-state index in [1.165, 1.54) is 30.0 Å². The van der Waals surface area contributed by atoms with Crippen LogP contribution in [0.3, 0.4) is 0 Å². The van der Waals surface area contributed by atoms with Crippen molar-refractivity contribution >= 4 is 46.6 Å². The van der Waals surface area contributed by atoms with Gasteiger partial charge < -0.3 is 14.6 Å². The van der Waals surface area contributed by atoms with Gasteiger partial charge in [0.15, 0.2) is 5.16 Å². The fourth-order valence-electron chi connectivity index (χ4n) is 2.82. The Balaban J connectivity index is 1.52. The number of hydrogen-bond donors (Lipinski definition) is 1. The highest BCUT2D eigenvalue weighted by molar-refractivity contribution is 7.99. The number of aryl methyl sites for hydroxylation is 1. The van der Waals surface area contributed by atoms with Gasteiger partial charge in [-0.15, -0.1) is 16.8 Å². The number of carbonyl (C=O) groups is 1. The molecule has 1 amide bonds. The second-order valence-corrected chi connectivity index (χ2v) is 8.46. The van der Waals surface area contributed by atoms with Crippen molar-refractivity contribution in [2.24, 2.45) is 0 Å². The normalized spacial score (nSPS) is 10.7. The molecular formula is C22H21Cl2FN4O2S. The monoisotopic (exact) mass is 494 g/mol. The number of rotatable bonds is 11. The highest BCUT2D eigenvalue weighted by atomic mass is 35.5. The number of anilines is 1. The van der Waals surface area contributed by atoms with E-state index in [4.69, 9.17) is 27.9 Å². The van der Waals surface area contributed by atoms with Gasteiger partial charge >= 0.3 is 0 Å². The first kappa shape index (κ1) is 24.1. The zero-order chi connectivity index (χ0) is 22.9. The van der Waals surface area contributed by atoms with Gasteiger partial charge in [-0.1, -0.05) is 47.1 Å². The van der Waals surface area contributed by atoms with Gasteiger partial charge in [-0.2, -0.15) is 0 Å². The minimum atomic E-state index is -0.409. The Morgan fingerprint density at radius 1 is 1.25 bits per heavy atom. The van der Waals surface area contributed by atoms with E-state index in [1.54, 1.807) is 30.3 Å². The van der Waals surface area contributed by atoms with Crippen LogP contribution in [0.1, 0.15) is 12.2 Å². The number of thioether (sulfide) groups is 1. The van der Waals surface area contributed by atoms with Crippen LogP contribution in [0.15, 0.2) is 60.3 Å². The quantitative estimate of drug-likeness (QED) is 0.212. The molecule has 0 spiro atoms. The summed E-state index contributed by atoms with van der Waals surface area (Å²) in [6.45, 7) is 4.74. The predicted molar refractivity (Wildman–Crippen MR) is 126 cm³/mol. The van der Waals surface area contributed by atoms with Crippen LogP contribution >= 0.6 is 35.0 Å².